The van der Waals surface area contributed by atoms with Crippen molar-refractivity contribution >= 4 is 43.7 Å². The summed E-state index contributed by atoms with van der Waals surface area (Å²) in [6, 6.07) is 5.55. The predicted molar refractivity (Wildman–Crippen MR) is 57.9 cm³/mol. The predicted octanol–water partition coefficient (Wildman–Crippen LogP) is 2.13. The van der Waals surface area contributed by atoms with Crippen LogP contribution in [0.1, 0.15) is 35.3 Å². The van der Waals surface area contributed by atoms with Gasteiger partial charge in [0.15, 0.2) is 0 Å². The Hall–Kier alpha value is -0.0503. The summed E-state index contributed by atoms with van der Waals surface area (Å²) in [6.07, 6.45) is 1.72. The third-order valence-corrected chi connectivity index (χ3v) is 2.19. The number of carboxylic acids is 1. The molecule has 0 fully saturated rings. The largest absolute Gasteiger partial charge is 0.478 e. The molecule has 72 valence electrons. The molecule has 2 nitrogen and oxygen atoms in total. The molecule has 2 radical (unpaired) electrons. The molecule has 1 N–H and O–H groups in total. The summed E-state index contributed by atoms with van der Waals surface area (Å²) < 4.78 is 0. The zero-order valence-corrected chi connectivity index (χ0v) is 10.9. The van der Waals surface area contributed by atoms with Crippen LogP contribution in [0.15, 0.2) is 18.2 Å². The second kappa shape index (κ2) is 6.44. The van der Waals surface area contributed by atoms with Gasteiger partial charge in [0, 0.05) is 37.7 Å². The first-order chi connectivity index (χ1) is 6.19. The molecule has 1 rings (SSSR count). The van der Waals surface area contributed by atoms with Crippen LogP contribution in [0, 0.1) is 0 Å². The zero-order chi connectivity index (χ0) is 9.84. The average Bonchev–Trinajstić information content (AvgIpc) is 2.16. The van der Waals surface area contributed by atoms with Crippen LogP contribution in [0.25, 0.3) is 0 Å². The molecule has 0 aliphatic heterocycles. The van der Waals surface area contributed by atoms with Crippen LogP contribution < -0.4 is 0 Å². The number of benzene rings is 1. The Morgan fingerprint density at radius 1 is 1.29 bits per heavy atom. The fourth-order valence-corrected chi connectivity index (χ4v) is 1.37. The Morgan fingerprint density at radius 3 is 2.36 bits per heavy atom. The second-order valence-electron chi connectivity index (χ2n) is 3.00. The summed E-state index contributed by atoms with van der Waals surface area (Å²) in [6.45, 7) is 4.04. The van der Waals surface area contributed by atoms with Crippen molar-refractivity contribution < 1.29 is 9.90 Å². The van der Waals surface area contributed by atoms with Crippen molar-refractivity contribution in [1.82, 2.24) is 0 Å². The summed E-state index contributed by atoms with van der Waals surface area (Å²) in [5, 5.41) is 8.86. The molecule has 0 aliphatic carbocycles. The number of carboxylic acid groups (broad SMARTS) is 1. The van der Waals surface area contributed by atoms with E-state index < -0.39 is 5.97 Å². The number of hydrogen-bond donors (Lipinski definition) is 1. The van der Waals surface area contributed by atoms with Crippen molar-refractivity contribution in [2.75, 3.05) is 0 Å². The maximum Gasteiger partial charge on any atom is 0.335 e. The minimum absolute atomic E-state index is 0. The number of hydrogen-bond acceptors (Lipinski definition) is 1. The van der Waals surface area contributed by atoms with E-state index in [1.807, 2.05) is 19.1 Å². The van der Waals surface area contributed by atoms with Crippen molar-refractivity contribution in [1.29, 1.82) is 0 Å². The number of aryl methyl sites for hydroxylation is 2. The molecule has 0 saturated carbocycles. The molecule has 0 spiro atoms. The standard InChI is InChI=1S/C11H14O2.Ca/c1-3-8-5-6-10(11(12)13)9(4-2)7-8;/h5-7H,3-4H2,1-2H3,(H,12,13);. The average molecular weight is 218 g/mol. The SMILES string of the molecule is CCc1ccc(C(=O)O)c(CC)c1.[Ca]. The third kappa shape index (κ3) is 3.26. The van der Waals surface area contributed by atoms with E-state index in [0.717, 1.165) is 18.4 Å². The molecule has 0 heterocycles. The first kappa shape index (κ1) is 13.9. The van der Waals surface area contributed by atoms with Gasteiger partial charge in [0.05, 0.1) is 5.56 Å². The topological polar surface area (TPSA) is 37.3 Å². The van der Waals surface area contributed by atoms with Crippen LogP contribution in [0.3, 0.4) is 0 Å². The van der Waals surface area contributed by atoms with Gasteiger partial charge in [-0.1, -0.05) is 26.0 Å². The van der Waals surface area contributed by atoms with Crippen molar-refractivity contribution in [2.24, 2.45) is 0 Å². The fourth-order valence-electron chi connectivity index (χ4n) is 1.37. The van der Waals surface area contributed by atoms with Crippen LogP contribution in [0.5, 0.6) is 0 Å². The maximum atomic E-state index is 10.8. The molecular formula is C11H14CaO2. The number of carbonyl (C=O) groups is 1. The minimum Gasteiger partial charge on any atom is -0.478 e. The van der Waals surface area contributed by atoms with Crippen LogP contribution in [-0.2, 0) is 12.8 Å². The molecule has 0 amide bonds. The van der Waals surface area contributed by atoms with E-state index in [1.54, 1.807) is 6.07 Å². The normalized spacial score (nSPS) is 9.29. The molecule has 0 aromatic heterocycles. The molecule has 0 unspecified atom stereocenters. The Bertz CT molecular complexity index is 321. The van der Waals surface area contributed by atoms with Crippen LogP contribution in [0.4, 0.5) is 0 Å². The Labute approximate surface area is 114 Å². The van der Waals surface area contributed by atoms with Gasteiger partial charge in [0.1, 0.15) is 0 Å². The van der Waals surface area contributed by atoms with E-state index >= 15 is 0 Å². The van der Waals surface area contributed by atoms with Gasteiger partial charge in [-0.2, -0.15) is 0 Å². The van der Waals surface area contributed by atoms with Crippen LogP contribution in [0.2, 0.25) is 0 Å². The van der Waals surface area contributed by atoms with Gasteiger partial charge in [-0.05, 0) is 30.0 Å². The molecule has 3 heteroatoms. The second-order valence-corrected chi connectivity index (χ2v) is 3.00. The van der Waals surface area contributed by atoms with Gasteiger partial charge < -0.3 is 5.11 Å². The molecule has 0 saturated heterocycles. The summed E-state index contributed by atoms with van der Waals surface area (Å²) in [7, 11) is 0. The third-order valence-electron chi connectivity index (χ3n) is 2.19. The Kier molecular flexibility index (Phi) is 6.41. The fraction of sp³-hybridized carbons (Fsp3) is 0.364. The number of rotatable bonds is 3. The van der Waals surface area contributed by atoms with E-state index in [1.165, 1.54) is 5.56 Å². The van der Waals surface area contributed by atoms with Gasteiger partial charge in [-0.25, -0.2) is 4.79 Å². The molecule has 14 heavy (non-hydrogen) atoms. The van der Waals surface area contributed by atoms with E-state index in [-0.39, 0.29) is 37.7 Å². The van der Waals surface area contributed by atoms with E-state index in [9.17, 15) is 4.79 Å². The van der Waals surface area contributed by atoms with Crippen molar-refractivity contribution in [2.45, 2.75) is 26.7 Å². The molecule has 0 aliphatic rings. The first-order valence-corrected chi connectivity index (χ1v) is 4.54. The summed E-state index contributed by atoms with van der Waals surface area (Å²) in [5.41, 5.74) is 2.55. The van der Waals surface area contributed by atoms with Crippen molar-refractivity contribution in [3.8, 4) is 0 Å². The van der Waals surface area contributed by atoms with Gasteiger partial charge in [0.2, 0.25) is 0 Å². The Morgan fingerprint density at radius 2 is 1.93 bits per heavy atom. The van der Waals surface area contributed by atoms with Crippen molar-refractivity contribution in [3.05, 3.63) is 34.9 Å². The van der Waals surface area contributed by atoms with Gasteiger partial charge in [0.25, 0.3) is 0 Å². The zero-order valence-electron chi connectivity index (χ0n) is 8.71. The first-order valence-electron chi connectivity index (χ1n) is 4.54. The van der Waals surface area contributed by atoms with Crippen molar-refractivity contribution in [3.63, 3.8) is 0 Å². The molecular weight excluding hydrogens is 204 g/mol. The van der Waals surface area contributed by atoms with Crippen LogP contribution >= 0.6 is 0 Å². The monoisotopic (exact) mass is 218 g/mol. The van der Waals surface area contributed by atoms with E-state index in [0.29, 0.717) is 5.56 Å². The summed E-state index contributed by atoms with van der Waals surface area (Å²) >= 11 is 0. The van der Waals surface area contributed by atoms with Gasteiger partial charge in [-0.3, -0.25) is 0 Å². The van der Waals surface area contributed by atoms with Gasteiger partial charge in [-0.15, -0.1) is 0 Å². The van der Waals surface area contributed by atoms with E-state index in [4.69, 9.17) is 5.11 Å². The number of aromatic carboxylic acids is 1. The van der Waals surface area contributed by atoms with E-state index in [2.05, 4.69) is 6.92 Å². The molecule has 1 aromatic carbocycles. The quantitative estimate of drug-likeness (QED) is 0.789. The minimum atomic E-state index is -0.834. The smallest absolute Gasteiger partial charge is 0.335 e. The van der Waals surface area contributed by atoms with Gasteiger partial charge >= 0.3 is 5.97 Å². The molecule has 0 bridgehead atoms. The molecule has 0 atom stereocenters. The molecule has 1 aromatic rings. The maximum absolute atomic E-state index is 10.8. The summed E-state index contributed by atoms with van der Waals surface area (Å²) in [4.78, 5) is 10.8. The Balaban J connectivity index is 0.00000169. The van der Waals surface area contributed by atoms with Crippen LogP contribution in [-0.4, -0.2) is 48.8 Å². The summed E-state index contributed by atoms with van der Waals surface area (Å²) in [5.74, 6) is -0.834.